The minimum atomic E-state index is -0.356. The van der Waals surface area contributed by atoms with Gasteiger partial charge in [0, 0.05) is 26.6 Å². The number of nitrogens with two attached hydrogens (primary N) is 1. The zero-order valence-corrected chi connectivity index (χ0v) is 14.0. The van der Waals surface area contributed by atoms with Crippen molar-refractivity contribution in [1.29, 1.82) is 0 Å². The Morgan fingerprint density at radius 2 is 1.91 bits per heavy atom. The average molecular weight is 319 g/mol. The zero-order chi connectivity index (χ0) is 17.0. The van der Waals surface area contributed by atoms with Gasteiger partial charge in [-0.1, -0.05) is 12.1 Å². The molecule has 6 heteroatoms. The molecule has 0 unspecified atom stereocenters. The summed E-state index contributed by atoms with van der Waals surface area (Å²) >= 11 is 0. The fourth-order valence-corrected chi connectivity index (χ4v) is 2.85. The van der Waals surface area contributed by atoms with Crippen LogP contribution in [0.1, 0.15) is 32.4 Å². The van der Waals surface area contributed by atoms with Gasteiger partial charge in [0.1, 0.15) is 5.75 Å². The first-order valence-corrected chi connectivity index (χ1v) is 7.91. The second-order valence-electron chi connectivity index (χ2n) is 6.15. The van der Waals surface area contributed by atoms with E-state index in [9.17, 15) is 9.59 Å². The molecule has 1 atom stereocenters. The topological polar surface area (TPSA) is 75.9 Å². The van der Waals surface area contributed by atoms with Crippen LogP contribution < -0.4 is 10.5 Å². The van der Waals surface area contributed by atoms with Crippen molar-refractivity contribution in [3.8, 4) is 5.75 Å². The van der Waals surface area contributed by atoms with Crippen LogP contribution in [0.15, 0.2) is 24.3 Å². The van der Waals surface area contributed by atoms with Gasteiger partial charge in [0.05, 0.1) is 18.7 Å². The summed E-state index contributed by atoms with van der Waals surface area (Å²) in [4.78, 5) is 26.8. The molecule has 0 saturated carbocycles. The van der Waals surface area contributed by atoms with Gasteiger partial charge in [0.15, 0.2) is 0 Å². The number of carbonyl (C=O) groups excluding carboxylic acids is 2. The Labute approximate surface area is 137 Å². The van der Waals surface area contributed by atoms with Crippen molar-refractivity contribution in [3.05, 3.63) is 29.8 Å². The van der Waals surface area contributed by atoms with Crippen molar-refractivity contribution in [2.24, 2.45) is 5.73 Å². The van der Waals surface area contributed by atoms with Gasteiger partial charge in [-0.2, -0.15) is 0 Å². The summed E-state index contributed by atoms with van der Waals surface area (Å²) in [5.74, 6) is 0.504. The van der Waals surface area contributed by atoms with E-state index in [0.717, 1.165) is 11.3 Å². The lowest BCUT2D eigenvalue weighted by Crippen LogP contribution is -2.51. The first-order chi connectivity index (χ1) is 10.9. The molecule has 1 aliphatic rings. The molecule has 0 aromatic heterocycles. The molecule has 2 amide bonds. The fourth-order valence-electron chi connectivity index (χ4n) is 2.85. The van der Waals surface area contributed by atoms with E-state index < -0.39 is 0 Å². The molecule has 1 aliphatic heterocycles. The molecule has 0 radical (unpaired) electrons. The van der Waals surface area contributed by atoms with Crippen LogP contribution in [0, 0.1) is 0 Å². The molecule has 0 bridgehead atoms. The first kappa shape index (κ1) is 17.3. The second-order valence-corrected chi connectivity index (χ2v) is 6.15. The van der Waals surface area contributed by atoms with Crippen molar-refractivity contribution in [2.75, 3.05) is 26.2 Å². The lowest BCUT2D eigenvalue weighted by atomic mass is 10.0. The molecule has 2 N–H and O–H groups in total. The summed E-state index contributed by atoms with van der Waals surface area (Å²) in [5, 5.41) is 0. The second kappa shape index (κ2) is 7.46. The summed E-state index contributed by atoms with van der Waals surface area (Å²) in [6, 6.07) is 7.78. The van der Waals surface area contributed by atoms with Crippen LogP contribution >= 0.6 is 0 Å². The summed E-state index contributed by atoms with van der Waals surface area (Å²) in [6.07, 6.45) is 0.120. The van der Waals surface area contributed by atoms with Gasteiger partial charge < -0.3 is 15.4 Å². The fraction of sp³-hybridized carbons (Fsp3) is 0.529. The van der Waals surface area contributed by atoms with Crippen molar-refractivity contribution >= 4 is 11.8 Å². The van der Waals surface area contributed by atoms with Crippen molar-refractivity contribution in [1.82, 2.24) is 9.80 Å². The number of hydrogen-bond acceptors (Lipinski definition) is 4. The van der Waals surface area contributed by atoms with Gasteiger partial charge in [0.2, 0.25) is 11.8 Å². The van der Waals surface area contributed by atoms with Crippen LogP contribution in [0.4, 0.5) is 0 Å². The lowest BCUT2D eigenvalue weighted by molar-refractivity contribution is -0.132. The number of nitrogens with zero attached hydrogens (tertiary/aromatic N) is 2. The normalized spacial score (nSPS) is 19.0. The number of piperazine rings is 1. The van der Waals surface area contributed by atoms with E-state index in [2.05, 4.69) is 0 Å². The predicted octanol–water partition coefficient (Wildman–Crippen LogP) is 1.16. The third-order valence-electron chi connectivity index (χ3n) is 3.93. The molecular formula is C17H25N3O3. The Morgan fingerprint density at radius 3 is 2.43 bits per heavy atom. The van der Waals surface area contributed by atoms with E-state index in [4.69, 9.17) is 10.5 Å². The van der Waals surface area contributed by atoms with E-state index >= 15 is 0 Å². The summed E-state index contributed by atoms with van der Waals surface area (Å²) in [5.41, 5.74) is 6.41. The van der Waals surface area contributed by atoms with Gasteiger partial charge in [-0.3, -0.25) is 14.5 Å². The number of benzene rings is 1. The van der Waals surface area contributed by atoms with E-state index in [-0.39, 0.29) is 30.5 Å². The summed E-state index contributed by atoms with van der Waals surface area (Å²) in [7, 11) is 0. The van der Waals surface area contributed by atoms with Gasteiger partial charge in [-0.15, -0.1) is 0 Å². The molecule has 2 rings (SSSR count). The highest BCUT2D eigenvalue weighted by Gasteiger charge is 2.30. The quantitative estimate of drug-likeness (QED) is 0.884. The number of rotatable bonds is 5. The number of carbonyl (C=O) groups is 2. The standard InChI is InChI=1S/C17H25N3O3/c1-12(2)23-15-6-4-14(5-7-15)16-10-19(13(3)21)8-9-20(16)11-17(18)22/h4-7,12,16H,8-11H2,1-3H3,(H2,18,22)/t16-/m0/s1. The molecule has 1 fully saturated rings. The summed E-state index contributed by atoms with van der Waals surface area (Å²) < 4.78 is 5.66. The van der Waals surface area contributed by atoms with Crippen molar-refractivity contribution < 1.29 is 14.3 Å². The molecule has 0 spiro atoms. The smallest absolute Gasteiger partial charge is 0.231 e. The maximum Gasteiger partial charge on any atom is 0.231 e. The van der Waals surface area contributed by atoms with Gasteiger partial charge in [-0.05, 0) is 31.5 Å². The van der Waals surface area contributed by atoms with Crippen LogP contribution in [0.3, 0.4) is 0 Å². The Balaban J connectivity index is 2.18. The molecule has 126 valence electrons. The third kappa shape index (κ3) is 4.69. The molecule has 1 aromatic rings. The number of hydrogen-bond donors (Lipinski definition) is 1. The maximum atomic E-state index is 11.7. The van der Waals surface area contributed by atoms with E-state index in [1.165, 1.54) is 0 Å². The van der Waals surface area contributed by atoms with Crippen LogP contribution in [0.5, 0.6) is 5.75 Å². The Hall–Kier alpha value is -2.08. The number of ether oxygens (including phenoxy) is 1. The van der Waals surface area contributed by atoms with Crippen LogP contribution in [0.25, 0.3) is 0 Å². The molecule has 0 aliphatic carbocycles. The molecule has 1 heterocycles. The van der Waals surface area contributed by atoms with Crippen LogP contribution in [0.2, 0.25) is 0 Å². The molecule has 23 heavy (non-hydrogen) atoms. The van der Waals surface area contributed by atoms with Gasteiger partial charge in [0.25, 0.3) is 0 Å². The van der Waals surface area contributed by atoms with Crippen LogP contribution in [-0.2, 0) is 9.59 Å². The molecule has 1 aromatic carbocycles. The molecule has 6 nitrogen and oxygen atoms in total. The van der Waals surface area contributed by atoms with Gasteiger partial charge in [-0.25, -0.2) is 0 Å². The van der Waals surface area contributed by atoms with Crippen molar-refractivity contribution in [2.45, 2.75) is 32.9 Å². The average Bonchev–Trinajstić information content (AvgIpc) is 2.47. The van der Waals surface area contributed by atoms with E-state index in [1.54, 1.807) is 11.8 Å². The van der Waals surface area contributed by atoms with E-state index in [0.29, 0.717) is 19.6 Å². The van der Waals surface area contributed by atoms with Gasteiger partial charge >= 0.3 is 0 Å². The molecule has 1 saturated heterocycles. The predicted molar refractivity (Wildman–Crippen MR) is 88.0 cm³/mol. The number of amides is 2. The maximum absolute atomic E-state index is 11.7. The minimum absolute atomic E-state index is 0.0340. The van der Waals surface area contributed by atoms with E-state index in [1.807, 2.05) is 43.0 Å². The Morgan fingerprint density at radius 1 is 1.26 bits per heavy atom. The highest BCUT2D eigenvalue weighted by atomic mass is 16.5. The lowest BCUT2D eigenvalue weighted by Gasteiger charge is -2.40. The Bertz CT molecular complexity index is 557. The highest BCUT2D eigenvalue weighted by molar-refractivity contribution is 5.76. The summed E-state index contributed by atoms with van der Waals surface area (Å²) in [6.45, 7) is 7.54. The minimum Gasteiger partial charge on any atom is -0.491 e. The van der Waals surface area contributed by atoms with Crippen LogP contribution in [-0.4, -0.2) is 53.9 Å². The molecular weight excluding hydrogens is 294 g/mol. The first-order valence-electron chi connectivity index (χ1n) is 7.91. The third-order valence-corrected chi connectivity index (χ3v) is 3.93. The van der Waals surface area contributed by atoms with Crippen molar-refractivity contribution in [3.63, 3.8) is 0 Å². The number of primary amides is 1. The highest BCUT2D eigenvalue weighted by Crippen LogP contribution is 2.27. The SMILES string of the molecule is CC(=O)N1CCN(CC(N)=O)[C@H](c2ccc(OC(C)C)cc2)C1. The monoisotopic (exact) mass is 319 g/mol. The largest absolute Gasteiger partial charge is 0.491 e. The Kier molecular flexibility index (Phi) is 5.60. The zero-order valence-electron chi connectivity index (χ0n) is 14.0.